The van der Waals surface area contributed by atoms with Gasteiger partial charge in [0.05, 0.1) is 34.3 Å². The van der Waals surface area contributed by atoms with Crippen LogP contribution in [0.25, 0.3) is 0 Å². The van der Waals surface area contributed by atoms with Crippen molar-refractivity contribution in [3.8, 4) is 5.75 Å². The normalized spacial score (nSPS) is 11.5. The van der Waals surface area contributed by atoms with Crippen molar-refractivity contribution in [1.29, 1.82) is 0 Å². The Morgan fingerprint density at radius 3 is 2.20 bits per heavy atom. The second-order valence-corrected chi connectivity index (χ2v) is 11.3. The summed E-state index contributed by atoms with van der Waals surface area (Å²) in [4.78, 5) is 13.2. The van der Waals surface area contributed by atoms with Crippen LogP contribution < -0.4 is 10.1 Å². The molecule has 0 aliphatic rings. The zero-order valence-electron chi connectivity index (χ0n) is 19.7. The lowest BCUT2D eigenvalue weighted by atomic mass is 10.1. The molecule has 0 aromatic heterocycles. The molecular formula is C25H25Cl3N2O4S. The first kappa shape index (κ1) is 27.3. The van der Waals surface area contributed by atoms with Gasteiger partial charge in [-0.2, -0.15) is 4.31 Å². The summed E-state index contributed by atoms with van der Waals surface area (Å²) < 4.78 is 34.1. The van der Waals surface area contributed by atoms with Gasteiger partial charge in [0.2, 0.25) is 15.9 Å². The van der Waals surface area contributed by atoms with E-state index in [1.807, 2.05) is 6.92 Å². The van der Waals surface area contributed by atoms with Gasteiger partial charge in [0.15, 0.2) is 0 Å². The molecule has 3 rings (SSSR count). The fourth-order valence-electron chi connectivity index (χ4n) is 3.90. The Kier molecular flexibility index (Phi) is 8.72. The number of methoxy groups -OCH3 is 1. The number of benzene rings is 3. The quantitative estimate of drug-likeness (QED) is 0.348. The van der Waals surface area contributed by atoms with Crippen molar-refractivity contribution in [2.75, 3.05) is 19.0 Å². The van der Waals surface area contributed by atoms with Gasteiger partial charge in [-0.25, -0.2) is 8.42 Å². The molecule has 186 valence electrons. The Morgan fingerprint density at radius 2 is 1.60 bits per heavy atom. The van der Waals surface area contributed by atoms with Crippen LogP contribution in [0.4, 0.5) is 5.69 Å². The Bertz CT molecular complexity index is 1350. The zero-order chi connectivity index (χ0) is 25.9. The van der Waals surface area contributed by atoms with Gasteiger partial charge >= 0.3 is 0 Å². The van der Waals surface area contributed by atoms with Crippen molar-refractivity contribution in [2.24, 2.45) is 0 Å². The second kappa shape index (κ2) is 11.2. The monoisotopic (exact) mass is 554 g/mol. The van der Waals surface area contributed by atoms with E-state index in [4.69, 9.17) is 39.5 Å². The largest absolute Gasteiger partial charge is 0.495 e. The molecule has 3 aromatic rings. The first-order valence-corrected chi connectivity index (χ1v) is 13.1. The van der Waals surface area contributed by atoms with Crippen LogP contribution >= 0.6 is 34.8 Å². The standard InChI is InChI=1S/C25H25Cl3N2O4S/c1-15-9-16(2)25(17(3)10-15)35(32,33)30(13-18-5-7-20(27)21(28)11-18)14-24(31)29-22-12-19(26)6-8-23(22)34-4/h5-12H,13-14H2,1-4H3,(H,29,31). The minimum absolute atomic E-state index is 0.0912. The number of anilines is 1. The third kappa shape index (κ3) is 6.48. The molecule has 0 bridgehead atoms. The summed E-state index contributed by atoms with van der Waals surface area (Å²) in [6.45, 7) is 4.83. The molecule has 0 heterocycles. The van der Waals surface area contributed by atoms with Crippen LogP contribution in [0, 0.1) is 20.8 Å². The average Bonchev–Trinajstić information content (AvgIpc) is 2.75. The van der Waals surface area contributed by atoms with Crippen LogP contribution in [0.5, 0.6) is 5.75 Å². The fourth-order valence-corrected chi connectivity index (χ4v) is 6.19. The fraction of sp³-hybridized carbons (Fsp3) is 0.240. The maximum absolute atomic E-state index is 13.8. The number of hydrogen-bond donors (Lipinski definition) is 1. The zero-order valence-corrected chi connectivity index (χ0v) is 22.7. The van der Waals surface area contributed by atoms with Crippen LogP contribution in [0.1, 0.15) is 22.3 Å². The summed E-state index contributed by atoms with van der Waals surface area (Å²) in [5.41, 5.74) is 3.05. The van der Waals surface area contributed by atoms with Gasteiger partial charge < -0.3 is 10.1 Å². The highest BCUT2D eigenvalue weighted by atomic mass is 35.5. The van der Waals surface area contributed by atoms with E-state index in [0.717, 1.165) is 9.87 Å². The second-order valence-electron chi connectivity index (χ2n) is 8.14. The SMILES string of the molecule is COc1ccc(Cl)cc1NC(=O)CN(Cc1ccc(Cl)c(Cl)c1)S(=O)(=O)c1c(C)cc(C)cc1C. The van der Waals surface area contributed by atoms with Crippen molar-refractivity contribution in [2.45, 2.75) is 32.2 Å². The number of nitrogens with zero attached hydrogens (tertiary/aromatic N) is 1. The maximum Gasteiger partial charge on any atom is 0.244 e. The van der Waals surface area contributed by atoms with Crippen molar-refractivity contribution in [1.82, 2.24) is 4.31 Å². The predicted octanol–water partition coefficient (Wildman–Crippen LogP) is 6.41. The minimum atomic E-state index is -4.07. The number of amides is 1. The average molecular weight is 556 g/mol. The lowest BCUT2D eigenvalue weighted by molar-refractivity contribution is -0.116. The van der Waals surface area contributed by atoms with Crippen molar-refractivity contribution >= 4 is 56.4 Å². The smallest absolute Gasteiger partial charge is 0.244 e. The van der Waals surface area contributed by atoms with E-state index in [9.17, 15) is 13.2 Å². The van der Waals surface area contributed by atoms with Crippen molar-refractivity contribution in [3.05, 3.63) is 85.9 Å². The van der Waals surface area contributed by atoms with E-state index in [0.29, 0.717) is 38.2 Å². The van der Waals surface area contributed by atoms with E-state index in [2.05, 4.69) is 5.32 Å². The maximum atomic E-state index is 13.8. The third-order valence-corrected chi connectivity index (χ3v) is 8.37. The molecule has 0 unspecified atom stereocenters. The van der Waals surface area contributed by atoms with Gasteiger partial charge in [0.1, 0.15) is 5.75 Å². The summed E-state index contributed by atoms with van der Waals surface area (Å²) in [7, 11) is -2.61. The molecule has 10 heteroatoms. The Labute approximate surface area is 220 Å². The highest BCUT2D eigenvalue weighted by molar-refractivity contribution is 7.89. The number of carbonyl (C=O) groups is 1. The molecule has 0 fully saturated rings. The first-order chi connectivity index (χ1) is 16.4. The van der Waals surface area contributed by atoms with E-state index >= 15 is 0 Å². The summed E-state index contributed by atoms with van der Waals surface area (Å²) in [6.07, 6.45) is 0. The molecular weight excluding hydrogens is 531 g/mol. The van der Waals surface area contributed by atoms with Crippen LogP contribution in [0.3, 0.4) is 0 Å². The minimum Gasteiger partial charge on any atom is -0.495 e. The topological polar surface area (TPSA) is 75.7 Å². The molecule has 0 saturated heterocycles. The molecule has 1 amide bonds. The third-order valence-electron chi connectivity index (χ3n) is 5.30. The molecule has 0 atom stereocenters. The lowest BCUT2D eigenvalue weighted by Gasteiger charge is -2.24. The molecule has 6 nitrogen and oxygen atoms in total. The molecule has 0 aliphatic heterocycles. The molecule has 0 radical (unpaired) electrons. The van der Waals surface area contributed by atoms with E-state index in [1.165, 1.54) is 13.2 Å². The van der Waals surface area contributed by atoms with E-state index < -0.39 is 22.5 Å². The highest BCUT2D eigenvalue weighted by Gasteiger charge is 2.30. The van der Waals surface area contributed by atoms with Gasteiger partial charge in [-0.1, -0.05) is 58.6 Å². The number of hydrogen-bond acceptors (Lipinski definition) is 4. The summed E-state index contributed by atoms with van der Waals surface area (Å²) in [6, 6.07) is 13.2. The lowest BCUT2D eigenvalue weighted by Crippen LogP contribution is -2.38. The number of ether oxygens (including phenoxy) is 1. The molecule has 0 spiro atoms. The Morgan fingerprint density at radius 1 is 0.943 bits per heavy atom. The van der Waals surface area contributed by atoms with Crippen LogP contribution in [-0.4, -0.2) is 32.3 Å². The number of sulfonamides is 1. The molecule has 0 aliphatic carbocycles. The van der Waals surface area contributed by atoms with Crippen LogP contribution in [0.15, 0.2) is 53.4 Å². The van der Waals surface area contributed by atoms with Gasteiger partial charge in [0, 0.05) is 11.6 Å². The number of aryl methyl sites for hydroxylation is 3. The van der Waals surface area contributed by atoms with Gasteiger partial charge in [-0.15, -0.1) is 0 Å². The Balaban J connectivity index is 2.01. The summed E-state index contributed by atoms with van der Waals surface area (Å²) in [5, 5.41) is 3.73. The number of nitrogens with one attached hydrogen (secondary N) is 1. The van der Waals surface area contributed by atoms with E-state index in [1.54, 1.807) is 56.3 Å². The van der Waals surface area contributed by atoms with Crippen LogP contribution in [-0.2, 0) is 21.4 Å². The first-order valence-electron chi connectivity index (χ1n) is 10.6. The van der Waals surface area contributed by atoms with Gasteiger partial charge in [-0.3, -0.25) is 4.79 Å². The summed E-state index contributed by atoms with van der Waals surface area (Å²) >= 11 is 18.2. The summed E-state index contributed by atoms with van der Waals surface area (Å²) in [5.74, 6) is -0.163. The van der Waals surface area contributed by atoms with Crippen molar-refractivity contribution in [3.63, 3.8) is 0 Å². The number of rotatable bonds is 8. The highest BCUT2D eigenvalue weighted by Crippen LogP contribution is 2.30. The number of halogens is 3. The Hall–Kier alpha value is -2.29. The molecule has 0 saturated carbocycles. The molecule has 35 heavy (non-hydrogen) atoms. The van der Waals surface area contributed by atoms with Crippen LogP contribution in [0.2, 0.25) is 15.1 Å². The molecule has 3 aromatic carbocycles. The van der Waals surface area contributed by atoms with Gasteiger partial charge in [0.25, 0.3) is 0 Å². The molecule has 1 N–H and O–H groups in total. The number of carbonyl (C=O) groups excluding carboxylic acids is 1. The van der Waals surface area contributed by atoms with E-state index in [-0.39, 0.29) is 16.5 Å². The van der Waals surface area contributed by atoms with Gasteiger partial charge in [-0.05, 0) is 67.8 Å². The van der Waals surface area contributed by atoms with Crippen molar-refractivity contribution < 1.29 is 17.9 Å². The predicted molar refractivity (Wildman–Crippen MR) is 141 cm³/mol.